The summed E-state index contributed by atoms with van der Waals surface area (Å²) in [5.74, 6) is -0.998. The first-order chi connectivity index (χ1) is 8.50. The minimum absolute atomic E-state index is 0.137. The first-order valence-electron chi connectivity index (χ1n) is 5.68. The van der Waals surface area contributed by atoms with Crippen molar-refractivity contribution in [1.82, 2.24) is 0 Å². The van der Waals surface area contributed by atoms with Crippen molar-refractivity contribution in [3.05, 3.63) is 28.2 Å². The van der Waals surface area contributed by atoms with Crippen LogP contribution < -0.4 is 4.90 Å². The summed E-state index contributed by atoms with van der Waals surface area (Å²) in [6.45, 7) is 3.73. The molecular weight excluding hydrogens is 298 g/mol. The number of rotatable bonds is 2. The Morgan fingerprint density at radius 3 is 2.83 bits per heavy atom. The van der Waals surface area contributed by atoms with Crippen molar-refractivity contribution in [3.8, 4) is 0 Å². The second-order valence-corrected chi connectivity index (χ2v) is 5.26. The van der Waals surface area contributed by atoms with Crippen LogP contribution in [0.15, 0.2) is 22.7 Å². The van der Waals surface area contributed by atoms with Gasteiger partial charge >= 0.3 is 0 Å². The second kappa shape index (κ2) is 5.20. The Bertz CT molecular complexity index is 501. The number of hydrogen-bond donors (Lipinski definition) is 0. The highest BCUT2D eigenvalue weighted by Crippen LogP contribution is 2.30. The molecule has 4 nitrogen and oxygen atoms in total. The van der Waals surface area contributed by atoms with E-state index in [1.54, 1.807) is 6.92 Å². The average molecular weight is 312 g/mol. The van der Waals surface area contributed by atoms with E-state index in [1.807, 2.05) is 18.2 Å². The standard InChI is InChI=1S/C13H14BrNO3/c1-8(9(2)16)13(17)15-7-18-6-10-3-4-11(14)5-12(10)15/h3-5,8H,6-7H2,1-2H3. The summed E-state index contributed by atoms with van der Waals surface area (Å²) < 4.78 is 6.28. The number of Topliss-reactive ketones (excluding diaryl/α,β-unsaturated/α-hetero) is 1. The van der Waals surface area contributed by atoms with Gasteiger partial charge in [0, 0.05) is 10.0 Å². The van der Waals surface area contributed by atoms with E-state index in [9.17, 15) is 9.59 Å². The monoisotopic (exact) mass is 311 g/mol. The highest BCUT2D eigenvalue weighted by molar-refractivity contribution is 9.10. The van der Waals surface area contributed by atoms with E-state index in [2.05, 4.69) is 15.9 Å². The van der Waals surface area contributed by atoms with E-state index in [4.69, 9.17) is 4.74 Å². The fourth-order valence-electron chi connectivity index (χ4n) is 1.82. The lowest BCUT2D eigenvalue weighted by Gasteiger charge is -2.31. The number of hydrogen-bond acceptors (Lipinski definition) is 3. The van der Waals surface area contributed by atoms with Crippen LogP contribution in [0.1, 0.15) is 19.4 Å². The molecule has 1 heterocycles. The van der Waals surface area contributed by atoms with Crippen molar-refractivity contribution in [2.45, 2.75) is 20.5 Å². The van der Waals surface area contributed by atoms with Crippen molar-refractivity contribution in [2.24, 2.45) is 5.92 Å². The third kappa shape index (κ3) is 2.47. The average Bonchev–Trinajstić information content (AvgIpc) is 2.36. The molecule has 0 aliphatic carbocycles. The maximum atomic E-state index is 12.2. The summed E-state index contributed by atoms with van der Waals surface area (Å²) in [6.07, 6.45) is 0. The van der Waals surface area contributed by atoms with Crippen molar-refractivity contribution in [1.29, 1.82) is 0 Å². The smallest absolute Gasteiger partial charge is 0.239 e. The Hall–Kier alpha value is -1.20. The molecule has 1 aromatic rings. The number of ketones is 1. The van der Waals surface area contributed by atoms with Crippen LogP contribution in [0.25, 0.3) is 0 Å². The van der Waals surface area contributed by atoms with Gasteiger partial charge in [-0.05, 0) is 26.0 Å². The van der Waals surface area contributed by atoms with Crippen LogP contribution in [0.2, 0.25) is 0 Å². The van der Waals surface area contributed by atoms with E-state index >= 15 is 0 Å². The first kappa shape index (κ1) is 13.2. The van der Waals surface area contributed by atoms with Gasteiger partial charge < -0.3 is 4.74 Å². The molecule has 96 valence electrons. The maximum absolute atomic E-state index is 12.2. The van der Waals surface area contributed by atoms with Gasteiger partial charge in [-0.25, -0.2) is 0 Å². The van der Waals surface area contributed by atoms with Crippen molar-refractivity contribution in [2.75, 3.05) is 11.6 Å². The lowest BCUT2D eigenvalue weighted by atomic mass is 10.0. The summed E-state index contributed by atoms with van der Waals surface area (Å²) in [6, 6.07) is 5.70. The molecule has 1 unspecified atom stereocenters. The molecule has 1 amide bonds. The van der Waals surface area contributed by atoms with Crippen molar-refractivity contribution >= 4 is 33.3 Å². The lowest BCUT2D eigenvalue weighted by molar-refractivity contribution is -0.131. The van der Waals surface area contributed by atoms with Gasteiger partial charge in [-0.1, -0.05) is 22.0 Å². The van der Waals surface area contributed by atoms with Crippen LogP contribution in [-0.4, -0.2) is 18.4 Å². The largest absolute Gasteiger partial charge is 0.356 e. The number of anilines is 1. The minimum Gasteiger partial charge on any atom is -0.356 e. The zero-order valence-electron chi connectivity index (χ0n) is 10.3. The SMILES string of the molecule is CC(=O)C(C)C(=O)N1COCc2ccc(Br)cc21. The van der Waals surface area contributed by atoms with Crippen LogP contribution in [0.5, 0.6) is 0 Å². The summed E-state index contributed by atoms with van der Waals surface area (Å²) in [5, 5.41) is 0. The van der Waals surface area contributed by atoms with Gasteiger partial charge in [0.05, 0.1) is 18.2 Å². The third-order valence-electron chi connectivity index (χ3n) is 3.06. The predicted octanol–water partition coefficient (Wildman–Crippen LogP) is 2.49. The van der Waals surface area contributed by atoms with Crippen LogP contribution >= 0.6 is 15.9 Å². The molecule has 0 saturated carbocycles. The van der Waals surface area contributed by atoms with Gasteiger partial charge in [0.1, 0.15) is 12.5 Å². The van der Waals surface area contributed by atoms with Crippen LogP contribution in [0.3, 0.4) is 0 Å². The number of benzene rings is 1. The summed E-state index contributed by atoms with van der Waals surface area (Å²) in [5.41, 5.74) is 1.77. The van der Waals surface area contributed by atoms with Crippen LogP contribution in [0.4, 0.5) is 5.69 Å². The van der Waals surface area contributed by atoms with E-state index in [0.717, 1.165) is 15.7 Å². The number of halogens is 1. The molecule has 0 radical (unpaired) electrons. The number of nitrogens with zero attached hydrogens (tertiary/aromatic N) is 1. The summed E-state index contributed by atoms with van der Waals surface area (Å²) in [4.78, 5) is 25.1. The Balaban J connectivity index is 2.35. The molecule has 0 aromatic heterocycles. The van der Waals surface area contributed by atoms with Crippen LogP contribution in [-0.2, 0) is 20.9 Å². The number of amides is 1. The van der Waals surface area contributed by atoms with Crippen molar-refractivity contribution in [3.63, 3.8) is 0 Å². The van der Waals surface area contributed by atoms with Crippen LogP contribution in [0, 0.1) is 5.92 Å². The molecule has 1 aliphatic heterocycles. The number of ether oxygens (including phenoxy) is 1. The molecular formula is C13H14BrNO3. The predicted molar refractivity (Wildman–Crippen MR) is 71.1 cm³/mol. The lowest BCUT2D eigenvalue weighted by Crippen LogP contribution is -2.41. The van der Waals surface area contributed by atoms with Gasteiger partial charge in [-0.15, -0.1) is 0 Å². The highest BCUT2D eigenvalue weighted by Gasteiger charge is 2.28. The highest BCUT2D eigenvalue weighted by atomic mass is 79.9. The zero-order chi connectivity index (χ0) is 13.3. The summed E-state index contributed by atoms with van der Waals surface area (Å²) >= 11 is 3.39. The van der Waals surface area contributed by atoms with Gasteiger partial charge in [0.2, 0.25) is 5.91 Å². The second-order valence-electron chi connectivity index (χ2n) is 4.35. The van der Waals surface area contributed by atoms with Gasteiger partial charge in [-0.3, -0.25) is 14.5 Å². The van der Waals surface area contributed by atoms with E-state index in [-0.39, 0.29) is 18.4 Å². The van der Waals surface area contributed by atoms with E-state index < -0.39 is 5.92 Å². The molecule has 1 atom stereocenters. The van der Waals surface area contributed by atoms with Crippen molar-refractivity contribution < 1.29 is 14.3 Å². The normalized spacial score (nSPS) is 16.1. The third-order valence-corrected chi connectivity index (χ3v) is 3.56. The fourth-order valence-corrected chi connectivity index (χ4v) is 2.17. The van der Waals surface area contributed by atoms with Gasteiger partial charge in [-0.2, -0.15) is 0 Å². The molecule has 1 aliphatic rings. The Morgan fingerprint density at radius 1 is 1.44 bits per heavy atom. The molecule has 0 N–H and O–H groups in total. The zero-order valence-corrected chi connectivity index (χ0v) is 11.9. The summed E-state index contributed by atoms with van der Waals surface area (Å²) in [7, 11) is 0. The van der Waals surface area contributed by atoms with Gasteiger partial charge in [0.15, 0.2) is 0 Å². The molecule has 18 heavy (non-hydrogen) atoms. The van der Waals surface area contributed by atoms with E-state index in [1.165, 1.54) is 11.8 Å². The molecule has 0 spiro atoms. The Kier molecular flexibility index (Phi) is 3.82. The Labute approximate surface area is 114 Å². The number of fused-ring (bicyclic) bond motifs is 1. The number of carbonyl (C=O) groups is 2. The Morgan fingerprint density at radius 2 is 2.17 bits per heavy atom. The molecule has 0 fully saturated rings. The fraction of sp³-hybridized carbons (Fsp3) is 0.385. The minimum atomic E-state index is -0.640. The first-order valence-corrected chi connectivity index (χ1v) is 6.48. The molecule has 0 bridgehead atoms. The molecule has 0 saturated heterocycles. The molecule has 1 aromatic carbocycles. The maximum Gasteiger partial charge on any atom is 0.239 e. The quantitative estimate of drug-likeness (QED) is 0.788. The van der Waals surface area contributed by atoms with E-state index in [0.29, 0.717) is 6.61 Å². The molecule has 5 heteroatoms. The molecule has 2 rings (SSSR count). The topological polar surface area (TPSA) is 46.6 Å². The van der Waals surface area contributed by atoms with Gasteiger partial charge in [0.25, 0.3) is 0 Å². The number of carbonyl (C=O) groups excluding carboxylic acids is 2.